The van der Waals surface area contributed by atoms with E-state index in [1.807, 2.05) is 6.07 Å². The van der Waals surface area contributed by atoms with Crippen LogP contribution in [0, 0.1) is 0 Å². The Balaban J connectivity index is 1.77. The van der Waals surface area contributed by atoms with E-state index < -0.39 is 11.8 Å². The number of carbonyl (C=O) groups is 2. The molecule has 0 aliphatic carbocycles. The summed E-state index contributed by atoms with van der Waals surface area (Å²) in [5.41, 5.74) is 1.50. The fraction of sp³-hybridized carbons (Fsp3) is 0.316. The van der Waals surface area contributed by atoms with E-state index in [0.29, 0.717) is 41.3 Å². The van der Waals surface area contributed by atoms with Crippen LogP contribution in [0.5, 0.6) is 0 Å². The quantitative estimate of drug-likeness (QED) is 0.235. The van der Waals surface area contributed by atoms with Crippen molar-refractivity contribution in [2.75, 3.05) is 24.7 Å². The maximum atomic E-state index is 12.7. The van der Waals surface area contributed by atoms with Crippen molar-refractivity contribution in [1.29, 1.82) is 0 Å². The third-order valence-electron chi connectivity index (χ3n) is 4.52. The predicted octanol–water partition coefficient (Wildman–Crippen LogP) is 1.00. The molecule has 0 aromatic carbocycles. The van der Waals surface area contributed by atoms with Gasteiger partial charge in [-0.3, -0.25) is 14.9 Å². The smallest absolute Gasteiger partial charge is 0.262 e. The summed E-state index contributed by atoms with van der Waals surface area (Å²) in [5, 5.41) is 7.36. The molecule has 31 heavy (non-hydrogen) atoms. The number of hydrogen-bond acceptors (Lipinski definition) is 9. The largest absolute Gasteiger partial charge is 0.360 e. The number of pyridine rings is 1. The lowest BCUT2D eigenvalue weighted by Crippen LogP contribution is -2.23. The molecule has 1 N–H and O–H groups in total. The Morgan fingerprint density at radius 2 is 1.74 bits per heavy atom. The van der Waals surface area contributed by atoms with E-state index >= 15 is 0 Å². The van der Waals surface area contributed by atoms with Crippen molar-refractivity contribution in [1.82, 2.24) is 29.6 Å². The van der Waals surface area contributed by atoms with Crippen LogP contribution in [0.3, 0.4) is 0 Å². The highest BCUT2D eigenvalue weighted by atomic mass is 32.1. The lowest BCUT2D eigenvalue weighted by Gasteiger charge is -2.04. The minimum atomic E-state index is -0.551. The number of carbonyl (C=O) groups excluding carboxylic acids is 2. The fourth-order valence-corrected chi connectivity index (χ4v) is 3.53. The van der Waals surface area contributed by atoms with Crippen LogP contribution in [0.1, 0.15) is 11.4 Å². The van der Waals surface area contributed by atoms with Crippen LogP contribution in [-0.4, -0.2) is 60.8 Å². The molecular weight excluding hydrogens is 440 g/mol. The normalized spacial score (nSPS) is 14.1. The summed E-state index contributed by atoms with van der Waals surface area (Å²) in [5.74, 6) is 0.234. The SMILES string of the molecule is O=C1NC(=O)C(c2cn(COCCS)c3ncccc23)=C1c1ncn(COCCS)n1. The molecule has 10 nitrogen and oxygen atoms in total. The average Bonchev–Trinajstić information content (AvgIpc) is 3.44. The first kappa shape index (κ1) is 21.6. The molecule has 0 saturated carbocycles. The molecule has 162 valence electrons. The van der Waals surface area contributed by atoms with E-state index in [1.54, 1.807) is 23.0 Å². The summed E-state index contributed by atoms with van der Waals surface area (Å²) in [6.45, 7) is 1.32. The van der Waals surface area contributed by atoms with Gasteiger partial charge in [0.05, 0.1) is 24.4 Å². The van der Waals surface area contributed by atoms with Crippen LogP contribution < -0.4 is 5.32 Å². The molecule has 0 atom stereocenters. The Kier molecular flexibility index (Phi) is 6.70. The lowest BCUT2D eigenvalue weighted by molar-refractivity contribution is -0.122. The van der Waals surface area contributed by atoms with Crippen molar-refractivity contribution in [3.63, 3.8) is 0 Å². The number of amides is 2. The molecule has 0 fully saturated rings. The number of fused-ring (bicyclic) bond motifs is 1. The first-order valence-electron chi connectivity index (χ1n) is 9.45. The summed E-state index contributed by atoms with van der Waals surface area (Å²) >= 11 is 8.23. The zero-order valence-electron chi connectivity index (χ0n) is 16.4. The van der Waals surface area contributed by atoms with Crippen molar-refractivity contribution in [2.24, 2.45) is 0 Å². The summed E-state index contributed by atoms with van der Waals surface area (Å²) < 4.78 is 14.2. The van der Waals surface area contributed by atoms with Gasteiger partial charge in [-0.05, 0) is 12.1 Å². The van der Waals surface area contributed by atoms with Gasteiger partial charge in [0.25, 0.3) is 11.8 Å². The highest BCUT2D eigenvalue weighted by Crippen LogP contribution is 2.34. The second-order valence-electron chi connectivity index (χ2n) is 6.55. The molecule has 3 aromatic rings. The number of nitrogens with one attached hydrogen (secondary N) is 1. The molecular formula is C19H20N6O4S2. The molecule has 2 amide bonds. The van der Waals surface area contributed by atoms with Crippen LogP contribution >= 0.6 is 25.3 Å². The van der Waals surface area contributed by atoms with Gasteiger partial charge < -0.3 is 14.0 Å². The number of ether oxygens (including phenoxy) is 2. The highest BCUT2D eigenvalue weighted by Gasteiger charge is 2.36. The number of imide groups is 1. The Morgan fingerprint density at radius 1 is 1.00 bits per heavy atom. The van der Waals surface area contributed by atoms with Gasteiger partial charge >= 0.3 is 0 Å². The van der Waals surface area contributed by atoms with Crippen LogP contribution in [0.25, 0.3) is 22.2 Å². The van der Waals surface area contributed by atoms with E-state index in [9.17, 15) is 9.59 Å². The van der Waals surface area contributed by atoms with E-state index in [-0.39, 0.29) is 30.4 Å². The van der Waals surface area contributed by atoms with E-state index in [1.165, 1.54) is 11.0 Å². The molecule has 0 saturated heterocycles. The van der Waals surface area contributed by atoms with Gasteiger partial charge in [-0.15, -0.1) is 5.10 Å². The fourth-order valence-electron chi connectivity index (χ4n) is 3.27. The van der Waals surface area contributed by atoms with Gasteiger partial charge in [0.1, 0.15) is 25.4 Å². The van der Waals surface area contributed by atoms with Gasteiger partial charge in [0.2, 0.25) is 0 Å². The second kappa shape index (κ2) is 9.64. The minimum absolute atomic E-state index is 0.108. The molecule has 1 aliphatic heterocycles. The van der Waals surface area contributed by atoms with Crippen LogP contribution in [-0.2, 0) is 32.5 Å². The summed E-state index contributed by atoms with van der Waals surface area (Å²) in [6.07, 6.45) is 4.85. The molecule has 4 heterocycles. The number of rotatable bonds is 10. The van der Waals surface area contributed by atoms with Crippen LogP contribution in [0.15, 0.2) is 30.9 Å². The molecule has 1 aliphatic rings. The zero-order chi connectivity index (χ0) is 21.8. The standard InChI is InChI=1S/C19H20N6O4S2/c26-18-14(13-8-24(10-28-4-6-30)17-12(13)2-1-3-20-17)15(19(27)22-18)16-21-9-25(23-16)11-29-5-7-31/h1-3,8-9,30-31H,4-7,10-11H2,(H,22,26,27). The molecule has 0 spiro atoms. The Bertz CT molecular complexity index is 1160. The van der Waals surface area contributed by atoms with E-state index in [4.69, 9.17) is 9.47 Å². The predicted molar refractivity (Wildman–Crippen MR) is 119 cm³/mol. The first-order valence-corrected chi connectivity index (χ1v) is 10.7. The zero-order valence-corrected chi connectivity index (χ0v) is 18.2. The molecule has 0 bridgehead atoms. The average molecular weight is 461 g/mol. The van der Waals surface area contributed by atoms with Crippen molar-refractivity contribution in [3.8, 4) is 0 Å². The summed E-state index contributed by atoms with van der Waals surface area (Å²) in [4.78, 5) is 34.0. The molecule has 12 heteroatoms. The van der Waals surface area contributed by atoms with Crippen LogP contribution in [0.2, 0.25) is 0 Å². The Hall–Kier alpha value is -2.67. The summed E-state index contributed by atoms with van der Waals surface area (Å²) in [7, 11) is 0. The Morgan fingerprint density at radius 3 is 2.52 bits per heavy atom. The maximum Gasteiger partial charge on any atom is 0.262 e. The molecule has 0 unspecified atom stereocenters. The Labute approximate surface area is 188 Å². The van der Waals surface area contributed by atoms with Crippen molar-refractivity contribution < 1.29 is 19.1 Å². The summed E-state index contributed by atoms with van der Waals surface area (Å²) in [6, 6.07) is 3.61. The maximum absolute atomic E-state index is 12.7. The molecule has 3 aromatic heterocycles. The topological polar surface area (TPSA) is 113 Å². The van der Waals surface area contributed by atoms with Gasteiger partial charge in [-0.1, -0.05) is 0 Å². The van der Waals surface area contributed by atoms with Gasteiger partial charge in [-0.2, -0.15) is 25.3 Å². The van der Waals surface area contributed by atoms with E-state index in [0.717, 1.165) is 0 Å². The first-order chi connectivity index (χ1) is 15.1. The number of hydrogen-bond donors (Lipinski definition) is 3. The third kappa shape index (κ3) is 4.37. The molecule has 4 rings (SSSR count). The van der Waals surface area contributed by atoms with Crippen molar-refractivity contribution >= 4 is 59.3 Å². The number of nitrogens with zero attached hydrogens (tertiary/aromatic N) is 5. The molecule has 0 radical (unpaired) electrons. The lowest BCUT2D eigenvalue weighted by atomic mass is 10.0. The van der Waals surface area contributed by atoms with Crippen LogP contribution in [0.4, 0.5) is 0 Å². The van der Waals surface area contributed by atoms with Gasteiger partial charge in [-0.25, -0.2) is 14.6 Å². The van der Waals surface area contributed by atoms with Gasteiger partial charge in [0.15, 0.2) is 5.82 Å². The van der Waals surface area contributed by atoms with Crippen molar-refractivity contribution in [2.45, 2.75) is 13.5 Å². The minimum Gasteiger partial charge on any atom is -0.360 e. The monoisotopic (exact) mass is 460 g/mol. The number of aromatic nitrogens is 5. The highest BCUT2D eigenvalue weighted by molar-refractivity contribution is 7.80. The van der Waals surface area contributed by atoms with Gasteiger partial charge in [0, 0.05) is 34.8 Å². The van der Waals surface area contributed by atoms with Crippen molar-refractivity contribution in [3.05, 3.63) is 42.2 Å². The second-order valence-corrected chi connectivity index (χ2v) is 7.44. The number of thiol groups is 2. The van der Waals surface area contributed by atoms with E-state index in [2.05, 4.69) is 45.6 Å². The third-order valence-corrected chi connectivity index (χ3v) is 4.88.